The van der Waals surface area contributed by atoms with Gasteiger partial charge in [-0.15, -0.1) is 0 Å². The number of nitrogens with zero attached hydrogens (tertiary/aromatic N) is 2. The van der Waals surface area contributed by atoms with Crippen molar-refractivity contribution in [3.63, 3.8) is 0 Å². The molecule has 0 spiro atoms. The van der Waals surface area contributed by atoms with E-state index in [4.69, 9.17) is 9.47 Å². The Morgan fingerprint density at radius 1 is 0.609 bits per heavy atom. The van der Waals surface area contributed by atoms with E-state index in [2.05, 4.69) is 0 Å². The average molecular weight is 975 g/mol. The first-order valence-electron chi connectivity index (χ1n) is 20.0. The molecule has 0 aromatic heterocycles. The molecule has 5 aromatic carbocycles. The van der Waals surface area contributed by atoms with Crippen LogP contribution in [0.5, 0.6) is 23.0 Å². The van der Waals surface area contributed by atoms with Gasteiger partial charge in [0.25, 0.3) is 17.7 Å². The SMILES string of the molecule is C/C=C(\C=C/C1=C(C)C(=O)N(c2ccc(Oc3c(C(F)(F)F)cc(C)cc3C(F)(F)F)cc2)C1=O)c1ccc(C=O)c(C(=O)N(C)c2ccc(Oc3c(C(F)(F)F)cc(C)cc3C(F)(F)F)cc2)c1. The zero-order chi connectivity index (χ0) is 51.1. The number of hydrogen-bond donors (Lipinski definition) is 0. The maximum Gasteiger partial charge on any atom is 0.420 e. The van der Waals surface area contributed by atoms with Gasteiger partial charge in [-0.2, -0.15) is 52.7 Å². The minimum absolute atomic E-state index is 0.0398. The number of amides is 3. The second-order valence-corrected chi connectivity index (χ2v) is 15.4. The normalized spacial score (nSPS) is 14.0. The molecule has 69 heavy (non-hydrogen) atoms. The molecule has 1 aliphatic rings. The molecule has 1 heterocycles. The summed E-state index contributed by atoms with van der Waals surface area (Å²) in [6, 6.07) is 14.8. The number of imide groups is 1. The number of aldehydes is 1. The van der Waals surface area contributed by atoms with Crippen molar-refractivity contribution < 1.29 is 81.3 Å². The number of rotatable bonds is 11. The van der Waals surface area contributed by atoms with Crippen LogP contribution in [0, 0.1) is 13.8 Å². The zero-order valence-electron chi connectivity index (χ0n) is 36.3. The highest BCUT2D eigenvalue weighted by Gasteiger charge is 2.44. The lowest BCUT2D eigenvalue weighted by molar-refractivity contribution is -0.146. The molecule has 0 bridgehead atoms. The molecular formula is C49H34F12N2O6. The van der Waals surface area contributed by atoms with E-state index in [0.717, 1.165) is 60.0 Å². The zero-order valence-corrected chi connectivity index (χ0v) is 36.3. The fourth-order valence-electron chi connectivity index (χ4n) is 7.19. The van der Waals surface area contributed by atoms with Gasteiger partial charge in [0.05, 0.1) is 33.5 Å². The van der Waals surface area contributed by atoms with Crippen molar-refractivity contribution in [2.24, 2.45) is 0 Å². The maximum absolute atomic E-state index is 13.9. The Balaban J connectivity index is 1.21. The Bertz CT molecular complexity index is 2890. The van der Waals surface area contributed by atoms with Gasteiger partial charge in [-0.25, -0.2) is 4.90 Å². The largest absolute Gasteiger partial charge is 0.456 e. The summed E-state index contributed by atoms with van der Waals surface area (Å²) in [5, 5.41) is 0. The summed E-state index contributed by atoms with van der Waals surface area (Å²) in [6.07, 6.45) is -16.2. The first kappa shape index (κ1) is 50.8. The molecule has 3 amide bonds. The van der Waals surface area contributed by atoms with E-state index in [9.17, 15) is 71.9 Å². The predicted octanol–water partition coefficient (Wildman–Crippen LogP) is 13.9. The molecule has 0 saturated carbocycles. The van der Waals surface area contributed by atoms with Gasteiger partial charge in [0.15, 0.2) is 17.8 Å². The van der Waals surface area contributed by atoms with Gasteiger partial charge in [0, 0.05) is 29.4 Å². The number of halogens is 12. The van der Waals surface area contributed by atoms with Crippen molar-refractivity contribution >= 4 is 41.0 Å². The third-order valence-electron chi connectivity index (χ3n) is 10.6. The smallest absolute Gasteiger partial charge is 0.420 e. The predicted molar refractivity (Wildman–Crippen MR) is 228 cm³/mol. The number of hydrogen-bond acceptors (Lipinski definition) is 6. The standard InChI is InChI=1S/C49H34F12N2O6/c1-6-28(9-18-35-27(4)43(65)63(45(35)67)32-12-16-34(17-13-32)69-42-39(48(56,57)58)21-26(3)22-40(42)49(59,60)61)29-7-8-30(24-64)36(23-29)44(66)62(5)31-10-14-33(15-11-31)68-41-37(46(50,51)52)19-25(2)20-38(41)47(53,54)55/h6-24H,1-5H3/b18-9-,28-6+. The number of carbonyl (C=O) groups excluding carboxylic acids is 4. The summed E-state index contributed by atoms with van der Waals surface area (Å²) >= 11 is 0. The van der Waals surface area contributed by atoms with E-state index >= 15 is 0 Å². The molecule has 0 atom stereocenters. The number of ether oxygens (including phenoxy) is 2. The first-order chi connectivity index (χ1) is 32.0. The summed E-state index contributed by atoms with van der Waals surface area (Å²) in [5.74, 6) is -6.26. The Morgan fingerprint density at radius 2 is 1.04 bits per heavy atom. The van der Waals surface area contributed by atoms with E-state index in [-0.39, 0.29) is 44.8 Å². The second kappa shape index (κ2) is 18.8. The molecule has 5 aromatic rings. The monoisotopic (exact) mass is 974 g/mol. The summed E-state index contributed by atoms with van der Waals surface area (Å²) in [4.78, 5) is 54.8. The summed E-state index contributed by atoms with van der Waals surface area (Å²) in [7, 11) is 1.29. The molecule has 6 rings (SSSR count). The van der Waals surface area contributed by atoms with E-state index < -0.39 is 87.7 Å². The van der Waals surface area contributed by atoms with E-state index in [1.807, 2.05) is 0 Å². The molecule has 0 fully saturated rings. The van der Waals surface area contributed by atoms with Crippen LogP contribution in [0.15, 0.2) is 120 Å². The van der Waals surface area contributed by atoms with Gasteiger partial charge < -0.3 is 14.4 Å². The van der Waals surface area contributed by atoms with Crippen LogP contribution in [0.4, 0.5) is 64.1 Å². The minimum Gasteiger partial charge on any atom is -0.456 e. The van der Waals surface area contributed by atoms with Gasteiger partial charge >= 0.3 is 24.7 Å². The summed E-state index contributed by atoms with van der Waals surface area (Å²) < 4.78 is 176. The van der Waals surface area contributed by atoms with Crippen LogP contribution in [-0.2, 0) is 34.3 Å². The minimum atomic E-state index is -5.22. The molecule has 0 saturated heterocycles. The highest BCUT2D eigenvalue weighted by atomic mass is 19.4. The van der Waals surface area contributed by atoms with Crippen molar-refractivity contribution in [3.05, 3.63) is 170 Å². The fourth-order valence-corrected chi connectivity index (χ4v) is 7.19. The van der Waals surface area contributed by atoms with Crippen LogP contribution in [0.2, 0.25) is 0 Å². The Morgan fingerprint density at radius 3 is 1.45 bits per heavy atom. The lowest BCUT2D eigenvalue weighted by Crippen LogP contribution is -2.31. The van der Waals surface area contributed by atoms with Crippen molar-refractivity contribution in [3.8, 4) is 23.0 Å². The van der Waals surface area contributed by atoms with Gasteiger partial charge in [-0.3, -0.25) is 19.2 Å². The lowest BCUT2D eigenvalue weighted by atomic mass is 9.97. The molecule has 20 heteroatoms. The Hall–Kier alpha value is -7.64. The molecule has 8 nitrogen and oxygen atoms in total. The van der Waals surface area contributed by atoms with Crippen LogP contribution in [0.3, 0.4) is 0 Å². The number of benzene rings is 5. The van der Waals surface area contributed by atoms with Gasteiger partial charge in [0.2, 0.25) is 0 Å². The Kier molecular flexibility index (Phi) is 13.8. The summed E-state index contributed by atoms with van der Waals surface area (Å²) in [6.45, 7) is 5.07. The Labute approximate surface area is 384 Å². The van der Waals surface area contributed by atoms with Crippen LogP contribution >= 0.6 is 0 Å². The average Bonchev–Trinajstić information content (AvgIpc) is 3.48. The van der Waals surface area contributed by atoms with Crippen LogP contribution in [0.1, 0.15) is 73.5 Å². The quantitative estimate of drug-likeness (QED) is 0.0566. The molecule has 360 valence electrons. The third kappa shape index (κ3) is 10.7. The van der Waals surface area contributed by atoms with Crippen LogP contribution < -0.4 is 19.3 Å². The van der Waals surface area contributed by atoms with E-state index in [1.165, 1.54) is 56.5 Å². The van der Waals surface area contributed by atoms with E-state index in [0.29, 0.717) is 41.7 Å². The number of allylic oxidation sites excluding steroid dienone is 3. The number of anilines is 2. The molecular weight excluding hydrogens is 941 g/mol. The molecule has 0 aliphatic carbocycles. The van der Waals surface area contributed by atoms with Crippen LogP contribution in [-0.4, -0.2) is 31.1 Å². The molecule has 0 N–H and O–H groups in total. The van der Waals surface area contributed by atoms with Gasteiger partial charge in [0.1, 0.15) is 11.5 Å². The number of alkyl halides is 12. The topological polar surface area (TPSA) is 93.2 Å². The third-order valence-corrected chi connectivity index (χ3v) is 10.6. The van der Waals surface area contributed by atoms with Crippen molar-refractivity contribution in [2.75, 3.05) is 16.8 Å². The number of carbonyl (C=O) groups is 4. The van der Waals surface area contributed by atoms with Crippen LogP contribution in [0.25, 0.3) is 5.57 Å². The molecule has 0 unspecified atom stereocenters. The molecule has 0 radical (unpaired) electrons. The van der Waals surface area contributed by atoms with Crippen molar-refractivity contribution in [1.82, 2.24) is 0 Å². The lowest BCUT2D eigenvalue weighted by Gasteiger charge is -2.21. The fraction of sp³-hybridized carbons (Fsp3) is 0.184. The summed E-state index contributed by atoms with van der Waals surface area (Å²) in [5.41, 5.74) is -6.93. The van der Waals surface area contributed by atoms with Gasteiger partial charge in [-0.1, -0.05) is 24.3 Å². The highest BCUT2D eigenvalue weighted by molar-refractivity contribution is 6.33. The maximum atomic E-state index is 13.9. The van der Waals surface area contributed by atoms with E-state index in [1.54, 1.807) is 13.0 Å². The second-order valence-electron chi connectivity index (χ2n) is 15.4. The highest BCUT2D eigenvalue weighted by Crippen LogP contribution is 2.48. The van der Waals surface area contributed by atoms with Gasteiger partial charge in [-0.05, 0) is 135 Å². The van der Waals surface area contributed by atoms with Crippen molar-refractivity contribution in [1.29, 1.82) is 0 Å². The first-order valence-corrected chi connectivity index (χ1v) is 20.0. The molecule has 1 aliphatic heterocycles. The number of aryl methyl sites for hydroxylation is 2. The van der Waals surface area contributed by atoms with Crippen molar-refractivity contribution in [2.45, 2.75) is 52.4 Å².